The molecule has 0 atom stereocenters. The van der Waals surface area contributed by atoms with Gasteiger partial charge in [0, 0.05) is 39.0 Å². The molecule has 0 bridgehead atoms. The van der Waals surface area contributed by atoms with Gasteiger partial charge in [0.25, 0.3) is 0 Å². The zero-order chi connectivity index (χ0) is 32.0. The van der Waals surface area contributed by atoms with Gasteiger partial charge in [-0.3, -0.25) is 4.79 Å². The molecule has 0 aliphatic rings. The molecule has 0 unspecified atom stereocenters. The predicted octanol–water partition coefficient (Wildman–Crippen LogP) is 11.4. The van der Waals surface area contributed by atoms with Crippen molar-refractivity contribution in [2.45, 2.75) is 39.5 Å². The van der Waals surface area contributed by atoms with Crippen LogP contribution in [0.15, 0.2) is 131 Å². The van der Waals surface area contributed by atoms with Crippen molar-refractivity contribution in [1.29, 1.82) is 0 Å². The number of hydrogen-bond donors (Lipinski definition) is 0. The van der Waals surface area contributed by atoms with E-state index in [2.05, 4.69) is 146 Å². The molecule has 9 rings (SSSR count). The van der Waals surface area contributed by atoms with E-state index in [-0.39, 0.29) is 11.3 Å². The highest BCUT2D eigenvalue weighted by molar-refractivity contribution is 6.26. The van der Waals surface area contributed by atoms with Crippen LogP contribution in [0.5, 0.6) is 0 Å². The van der Waals surface area contributed by atoms with E-state index in [1.54, 1.807) is 0 Å². The van der Waals surface area contributed by atoms with E-state index in [1.807, 2.05) is 12.1 Å². The van der Waals surface area contributed by atoms with Gasteiger partial charge in [-0.1, -0.05) is 94.4 Å². The molecule has 0 aliphatic heterocycles. The summed E-state index contributed by atoms with van der Waals surface area (Å²) < 4.78 is 11.4. The lowest BCUT2D eigenvalue weighted by molar-refractivity contribution is 0.647. The second-order valence-corrected chi connectivity index (χ2v) is 13.3. The molecule has 0 fully saturated rings. The standard InChI is InChI=1S/C43H34N2O2/c1-25(2)27-22-34(26(3)4)43-35(23-27)42(46)33-19-18-29(24-39(33)47-43)45-36-16-10-8-14-30(36)31-20-21-38-40(41(31)45)32-15-9-11-17-37(32)44(38)28-12-6-5-7-13-28/h5-26H,1-4H3. The number of rotatable bonds is 4. The molecule has 0 aliphatic carbocycles. The zero-order valence-electron chi connectivity index (χ0n) is 26.9. The van der Waals surface area contributed by atoms with Crippen LogP contribution < -0.4 is 5.43 Å². The summed E-state index contributed by atoms with van der Waals surface area (Å²) in [5, 5.41) is 6.02. The minimum Gasteiger partial charge on any atom is -0.455 e. The van der Waals surface area contributed by atoms with Gasteiger partial charge < -0.3 is 13.6 Å². The minimum absolute atomic E-state index is 0.0211. The monoisotopic (exact) mass is 610 g/mol. The maximum Gasteiger partial charge on any atom is 0.200 e. The Morgan fingerprint density at radius 1 is 0.532 bits per heavy atom. The predicted molar refractivity (Wildman–Crippen MR) is 197 cm³/mol. The van der Waals surface area contributed by atoms with E-state index < -0.39 is 0 Å². The average Bonchev–Trinajstić information content (AvgIpc) is 3.61. The van der Waals surface area contributed by atoms with E-state index in [0.717, 1.165) is 44.6 Å². The Kier molecular flexibility index (Phi) is 6.01. The first-order valence-electron chi connectivity index (χ1n) is 16.5. The molecule has 9 aromatic rings. The van der Waals surface area contributed by atoms with Gasteiger partial charge in [0.15, 0.2) is 0 Å². The lowest BCUT2D eigenvalue weighted by atomic mass is 9.92. The van der Waals surface area contributed by atoms with Crippen LogP contribution in [0.2, 0.25) is 0 Å². The van der Waals surface area contributed by atoms with E-state index in [9.17, 15) is 4.79 Å². The summed E-state index contributed by atoms with van der Waals surface area (Å²) in [6.45, 7) is 8.66. The van der Waals surface area contributed by atoms with Crippen molar-refractivity contribution in [1.82, 2.24) is 9.13 Å². The number of hydrogen-bond acceptors (Lipinski definition) is 2. The molecule has 47 heavy (non-hydrogen) atoms. The van der Waals surface area contributed by atoms with Gasteiger partial charge in [-0.25, -0.2) is 0 Å². The van der Waals surface area contributed by atoms with Crippen LogP contribution in [-0.4, -0.2) is 9.13 Å². The highest BCUT2D eigenvalue weighted by atomic mass is 16.3. The van der Waals surface area contributed by atoms with Crippen molar-refractivity contribution in [3.8, 4) is 11.4 Å². The second kappa shape index (κ2) is 10.2. The van der Waals surface area contributed by atoms with E-state index in [0.29, 0.717) is 27.9 Å². The first kappa shape index (κ1) is 27.7. The zero-order valence-corrected chi connectivity index (χ0v) is 26.9. The molecule has 0 radical (unpaired) electrons. The van der Waals surface area contributed by atoms with Crippen LogP contribution in [0.4, 0.5) is 0 Å². The molecule has 3 heterocycles. The molecule has 0 spiro atoms. The summed E-state index contributed by atoms with van der Waals surface area (Å²) in [7, 11) is 0. The van der Waals surface area contributed by atoms with Crippen LogP contribution in [0.25, 0.3) is 76.9 Å². The molecular formula is C43H34N2O2. The fourth-order valence-electron chi connectivity index (χ4n) is 7.53. The Hall–Kier alpha value is -5.61. The number of benzene rings is 6. The molecule has 0 N–H and O–H groups in total. The van der Waals surface area contributed by atoms with Crippen molar-refractivity contribution < 1.29 is 4.42 Å². The molecule has 4 nitrogen and oxygen atoms in total. The van der Waals surface area contributed by atoms with E-state index in [4.69, 9.17) is 4.42 Å². The van der Waals surface area contributed by atoms with E-state index in [1.165, 1.54) is 21.5 Å². The summed E-state index contributed by atoms with van der Waals surface area (Å²) in [6, 6.07) is 42.6. The fraction of sp³-hybridized carbons (Fsp3) is 0.140. The normalized spacial score (nSPS) is 12.3. The van der Waals surface area contributed by atoms with Crippen LogP contribution >= 0.6 is 0 Å². The minimum atomic E-state index is 0.0211. The number of aromatic nitrogens is 2. The summed E-state index contributed by atoms with van der Waals surface area (Å²) >= 11 is 0. The summed E-state index contributed by atoms with van der Waals surface area (Å²) in [5.41, 5.74) is 10.2. The van der Waals surface area contributed by atoms with Crippen molar-refractivity contribution in [3.05, 3.63) is 143 Å². The fourth-order valence-corrected chi connectivity index (χ4v) is 7.53. The molecule has 0 saturated carbocycles. The van der Waals surface area contributed by atoms with Crippen LogP contribution in [0.1, 0.15) is 50.7 Å². The summed E-state index contributed by atoms with van der Waals surface area (Å²) in [6.07, 6.45) is 0. The third kappa shape index (κ3) is 3.97. The third-order valence-electron chi connectivity index (χ3n) is 9.84. The van der Waals surface area contributed by atoms with Crippen LogP contribution in [0, 0.1) is 0 Å². The quantitative estimate of drug-likeness (QED) is 0.186. The Morgan fingerprint density at radius 2 is 1.21 bits per heavy atom. The lowest BCUT2D eigenvalue weighted by Crippen LogP contribution is -2.06. The lowest BCUT2D eigenvalue weighted by Gasteiger charge is -2.15. The van der Waals surface area contributed by atoms with Crippen LogP contribution in [0.3, 0.4) is 0 Å². The maximum atomic E-state index is 14.0. The third-order valence-corrected chi connectivity index (χ3v) is 9.84. The highest BCUT2D eigenvalue weighted by Crippen LogP contribution is 2.42. The number of nitrogens with zero attached hydrogens (tertiary/aromatic N) is 2. The van der Waals surface area contributed by atoms with Crippen molar-refractivity contribution >= 4 is 65.6 Å². The van der Waals surface area contributed by atoms with Gasteiger partial charge in [0.2, 0.25) is 5.43 Å². The van der Waals surface area contributed by atoms with Crippen molar-refractivity contribution in [3.63, 3.8) is 0 Å². The molecule has 3 aromatic heterocycles. The molecule has 6 aromatic carbocycles. The SMILES string of the molecule is CC(C)c1cc(C(C)C)c2oc3cc(-n4c5ccccc5c5ccc6c(c7ccccc7n6-c6ccccc6)c54)ccc3c(=O)c2c1. The summed E-state index contributed by atoms with van der Waals surface area (Å²) in [5.74, 6) is 0.530. The van der Waals surface area contributed by atoms with E-state index >= 15 is 0 Å². The highest BCUT2D eigenvalue weighted by Gasteiger charge is 2.22. The molecule has 0 saturated heterocycles. The van der Waals surface area contributed by atoms with Gasteiger partial charge >= 0.3 is 0 Å². The Balaban J connectivity index is 1.41. The van der Waals surface area contributed by atoms with Gasteiger partial charge in [0.1, 0.15) is 11.2 Å². The first-order valence-corrected chi connectivity index (χ1v) is 16.5. The van der Waals surface area contributed by atoms with Gasteiger partial charge in [-0.2, -0.15) is 0 Å². The van der Waals surface area contributed by atoms with Gasteiger partial charge in [0.05, 0.1) is 32.8 Å². The largest absolute Gasteiger partial charge is 0.455 e. The van der Waals surface area contributed by atoms with Crippen LogP contribution in [-0.2, 0) is 0 Å². The number of para-hydroxylation sites is 3. The Morgan fingerprint density at radius 3 is 1.96 bits per heavy atom. The van der Waals surface area contributed by atoms with Gasteiger partial charge in [-0.15, -0.1) is 0 Å². The molecule has 4 heteroatoms. The van der Waals surface area contributed by atoms with Gasteiger partial charge in [-0.05, 0) is 71.5 Å². The summed E-state index contributed by atoms with van der Waals surface area (Å²) in [4.78, 5) is 14.0. The maximum absolute atomic E-state index is 14.0. The molecule has 0 amide bonds. The Labute approximate surface area is 272 Å². The number of fused-ring (bicyclic) bond motifs is 9. The second-order valence-electron chi connectivity index (χ2n) is 13.3. The van der Waals surface area contributed by atoms with Crippen molar-refractivity contribution in [2.24, 2.45) is 0 Å². The topological polar surface area (TPSA) is 40.1 Å². The average molecular weight is 611 g/mol. The molecule has 228 valence electrons. The smallest absolute Gasteiger partial charge is 0.200 e. The first-order chi connectivity index (χ1) is 22.9. The van der Waals surface area contributed by atoms with Crippen molar-refractivity contribution in [2.75, 3.05) is 0 Å². The Bertz CT molecular complexity index is 2760. The molecular weight excluding hydrogens is 576 g/mol.